The summed E-state index contributed by atoms with van der Waals surface area (Å²) in [5.41, 5.74) is 5.89. The van der Waals surface area contributed by atoms with E-state index in [1.54, 1.807) is 0 Å². The molecule has 1 aliphatic rings. The Morgan fingerprint density at radius 2 is 1.74 bits per heavy atom. The van der Waals surface area contributed by atoms with Crippen molar-refractivity contribution in [2.24, 2.45) is 16.6 Å². The summed E-state index contributed by atoms with van der Waals surface area (Å²) < 4.78 is 0. The highest BCUT2D eigenvalue weighted by atomic mass is 15.3. The smallest absolute Gasteiger partial charge is 0.188 e. The number of nitrogens with two attached hydrogens (primary N) is 1. The van der Waals surface area contributed by atoms with E-state index in [2.05, 4.69) is 54.9 Å². The van der Waals surface area contributed by atoms with Crippen LogP contribution in [0.15, 0.2) is 4.99 Å². The average Bonchev–Trinajstić information content (AvgIpc) is 2.30. The summed E-state index contributed by atoms with van der Waals surface area (Å²) in [7, 11) is 2.18. The van der Waals surface area contributed by atoms with E-state index in [4.69, 9.17) is 5.73 Å². The monoisotopic (exact) mass is 269 g/mol. The third-order valence-corrected chi connectivity index (χ3v) is 3.66. The Labute approximate surface area is 118 Å². The Hall–Kier alpha value is -0.810. The van der Waals surface area contributed by atoms with Gasteiger partial charge >= 0.3 is 0 Å². The van der Waals surface area contributed by atoms with Crippen LogP contribution in [0.25, 0.3) is 0 Å². The van der Waals surface area contributed by atoms with Gasteiger partial charge in [0.2, 0.25) is 0 Å². The third-order valence-electron chi connectivity index (χ3n) is 3.66. The predicted molar refractivity (Wildman–Crippen MR) is 82.5 cm³/mol. The average molecular weight is 269 g/mol. The second-order valence-corrected chi connectivity index (χ2v) is 6.18. The molecule has 5 heteroatoms. The molecule has 0 saturated carbocycles. The Bertz CT molecular complexity index is 280. The van der Waals surface area contributed by atoms with Crippen LogP contribution in [-0.4, -0.2) is 67.6 Å². The molecule has 5 nitrogen and oxygen atoms in total. The Kier molecular flexibility index (Phi) is 6.58. The first-order valence-corrected chi connectivity index (χ1v) is 7.39. The lowest BCUT2D eigenvalue weighted by atomic mass is 10.0. The van der Waals surface area contributed by atoms with Gasteiger partial charge in [-0.3, -0.25) is 9.89 Å². The van der Waals surface area contributed by atoms with E-state index in [1.807, 2.05) is 0 Å². The highest BCUT2D eigenvalue weighted by Gasteiger charge is 2.24. The fraction of sp³-hybridized carbons (Fsp3) is 0.929. The van der Waals surface area contributed by atoms with E-state index >= 15 is 0 Å². The predicted octanol–water partition coefficient (Wildman–Crippen LogP) is 0.571. The molecule has 112 valence electrons. The number of nitrogens with zero attached hydrogens (tertiary/aromatic N) is 3. The first-order chi connectivity index (χ1) is 8.90. The Morgan fingerprint density at radius 1 is 1.16 bits per heavy atom. The molecule has 1 unspecified atom stereocenters. The maximum absolute atomic E-state index is 5.89. The van der Waals surface area contributed by atoms with E-state index < -0.39 is 0 Å². The molecule has 1 rings (SSSR count). The lowest BCUT2D eigenvalue weighted by Crippen LogP contribution is -2.52. The quantitative estimate of drug-likeness (QED) is 0.566. The summed E-state index contributed by atoms with van der Waals surface area (Å²) in [5.74, 6) is 1.16. The van der Waals surface area contributed by atoms with Gasteiger partial charge in [0.05, 0.1) is 6.54 Å². The van der Waals surface area contributed by atoms with Crippen LogP contribution in [-0.2, 0) is 0 Å². The maximum Gasteiger partial charge on any atom is 0.188 e. The molecule has 0 amide bonds. The van der Waals surface area contributed by atoms with Gasteiger partial charge in [0.15, 0.2) is 5.96 Å². The molecule has 0 bridgehead atoms. The molecular weight excluding hydrogens is 238 g/mol. The molecule has 1 heterocycles. The van der Waals surface area contributed by atoms with Crippen molar-refractivity contribution in [3.63, 3.8) is 0 Å². The van der Waals surface area contributed by atoms with E-state index in [9.17, 15) is 0 Å². The van der Waals surface area contributed by atoms with Crippen LogP contribution in [0.3, 0.4) is 0 Å². The molecule has 3 N–H and O–H groups in total. The molecule has 0 aromatic heterocycles. The number of piperazine rings is 1. The second-order valence-electron chi connectivity index (χ2n) is 6.18. The van der Waals surface area contributed by atoms with Crippen molar-refractivity contribution in [3.8, 4) is 0 Å². The van der Waals surface area contributed by atoms with Crippen molar-refractivity contribution in [1.82, 2.24) is 15.1 Å². The molecule has 0 aromatic rings. The van der Waals surface area contributed by atoms with Gasteiger partial charge in [-0.15, -0.1) is 0 Å². The van der Waals surface area contributed by atoms with Crippen LogP contribution < -0.4 is 11.1 Å². The van der Waals surface area contributed by atoms with Gasteiger partial charge in [0, 0.05) is 38.3 Å². The minimum atomic E-state index is 0.338. The molecular formula is C14H31N5. The minimum absolute atomic E-state index is 0.338. The lowest BCUT2D eigenvalue weighted by Gasteiger charge is -2.39. The summed E-state index contributed by atoms with van der Waals surface area (Å²) in [6.07, 6.45) is 0. The van der Waals surface area contributed by atoms with E-state index in [0.29, 0.717) is 24.0 Å². The first-order valence-electron chi connectivity index (χ1n) is 7.39. The lowest BCUT2D eigenvalue weighted by molar-refractivity contribution is 0.0925. The van der Waals surface area contributed by atoms with E-state index in [0.717, 1.165) is 32.7 Å². The number of aliphatic imine (C=N–C) groups is 1. The van der Waals surface area contributed by atoms with E-state index in [-0.39, 0.29) is 0 Å². The molecule has 0 radical (unpaired) electrons. The molecule has 0 spiro atoms. The largest absolute Gasteiger partial charge is 0.370 e. The summed E-state index contributed by atoms with van der Waals surface area (Å²) in [4.78, 5) is 9.44. The Morgan fingerprint density at radius 3 is 2.21 bits per heavy atom. The van der Waals surface area contributed by atoms with Crippen molar-refractivity contribution in [3.05, 3.63) is 0 Å². The third kappa shape index (κ3) is 5.78. The van der Waals surface area contributed by atoms with Gasteiger partial charge in [0.25, 0.3) is 0 Å². The number of likely N-dealkylation sites (N-methyl/N-ethyl adjacent to an activating group) is 1. The minimum Gasteiger partial charge on any atom is -0.370 e. The highest BCUT2D eigenvalue weighted by molar-refractivity contribution is 5.78. The van der Waals surface area contributed by atoms with Crippen LogP contribution in [0.1, 0.15) is 27.7 Å². The molecule has 1 fully saturated rings. The van der Waals surface area contributed by atoms with Crippen LogP contribution in [0, 0.1) is 5.92 Å². The molecule has 0 aliphatic carbocycles. The molecule has 1 atom stereocenters. The van der Waals surface area contributed by atoms with Crippen molar-refractivity contribution < 1.29 is 0 Å². The van der Waals surface area contributed by atoms with E-state index in [1.165, 1.54) is 0 Å². The highest BCUT2D eigenvalue weighted by Crippen LogP contribution is 2.13. The zero-order chi connectivity index (χ0) is 14.4. The van der Waals surface area contributed by atoms with Crippen LogP contribution in [0.5, 0.6) is 0 Å². The molecule has 19 heavy (non-hydrogen) atoms. The van der Waals surface area contributed by atoms with Gasteiger partial charge < -0.3 is 16.0 Å². The second kappa shape index (κ2) is 7.70. The van der Waals surface area contributed by atoms with Gasteiger partial charge in [-0.25, -0.2) is 0 Å². The molecule has 1 saturated heterocycles. The van der Waals surface area contributed by atoms with Crippen molar-refractivity contribution in [1.29, 1.82) is 0 Å². The van der Waals surface area contributed by atoms with Crippen LogP contribution in [0.4, 0.5) is 0 Å². The van der Waals surface area contributed by atoms with Crippen LogP contribution >= 0.6 is 0 Å². The maximum atomic E-state index is 5.89. The zero-order valence-corrected chi connectivity index (χ0v) is 13.2. The number of hydrogen-bond acceptors (Lipinski definition) is 3. The summed E-state index contributed by atoms with van der Waals surface area (Å²) in [6, 6.07) is 0.825. The van der Waals surface area contributed by atoms with Crippen molar-refractivity contribution in [2.75, 3.05) is 39.8 Å². The summed E-state index contributed by atoms with van der Waals surface area (Å²) >= 11 is 0. The first kappa shape index (κ1) is 16.2. The van der Waals surface area contributed by atoms with Crippen molar-refractivity contribution >= 4 is 5.96 Å². The number of rotatable bonds is 5. The topological polar surface area (TPSA) is 56.9 Å². The van der Waals surface area contributed by atoms with Crippen LogP contribution in [0.2, 0.25) is 0 Å². The fourth-order valence-electron chi connectivity index (χ4n) is 2.43. The van der Waals surface area contributed by atoms with Crippen molar-refractivity contribution in [2.45, 2.75) is 39.8 Å². The molecule has 1 aliphatic heterocycles. The standard InChI is InChI=1S/C14H31N5/c1-11(2)13(10-16-14(15)17-12(3)4)19-8-6-18(5)7-9-19/h11-13H,6-10H2,1-5H3,(H3,15,16,17). The SMILES string of the molecule is CC(C)NC(N)=NCC(C(C)C)N1CCN(C)CC1. The van der Waals surface area contributed by atoms with Gasteiger partial charge in [-0.1, -0.05) is 13.8 Å². The molecule has 0 aromatic carbocycles. The van der Waals surface area contributed by atoms with Gasteiger partial charge in [0.1, 0.15) is 0 Å². The number of hydrogen-bond donors (Lipinski definition) is 2. The summed E-state index contributed by atoms with van der Waals surface area (Å²) in [5, 5.41) is 3.15. The Balaban J connectivity index is 2.53. The normalized spacial score (nSPS) is 21.1. The number of guanidine groups is 1. The van der Waals surface area contributed by atoms with Gasteiger partial charge in [-0.05, 0) is 26.8 Å². The number of nitrogens with one attached hydrogen (secondary N) is 1. The summed E-state index contributed by atoms with van der Waals surface area (Å²) in [6.45, 7) is 14.0. The van der Waals surface area contributed by atoms with Gasteiger partial charge in [-0.2, -0.15) is 0 Å². The zero-order valence-electron chi connectivity index (χ0n) is 13.2. The fourth-order valence-corrected chi connectivity index (χ4v) is 2.43.